The van der Waals surface area contributed by atoms with E-state index >= 15 is 0 Å². The third kappa shape index (κ3) is 3.43. The molecule has 15 heavy (non-hydrogen) atoms. The van der Waals surface area contributed by atoms with Crippen LogP contribution in [0.4, 0.5) is 0 Å². The van der Waals surface area contributed by atoms with Gasteiger partial charge in [0.05, 0.1) is 10.4 Å². The van der Waals surface area contributed by atoms with Crippen molar-refractivity contribution >= 4 is 22.9 Å². The highest BCUT2D eigenvalue weighted by molar-refractivity contribution is 7.16. The van der Waals surface area contributed by atoms with Crippen LogP contribution >= 0.6 is 22.9 Å². The lowest BCUT2D eigenvalue weighted by atomic mass is 10.2. The molecule has 2 heterocycles. The zero-order valence-corrected chi connectivity index (χ0v) is 9.94. The number of nitrogens with one attached hydrogen (secondary N) is 2. The highest BCUT2D eigenvalue weighted by Gasteiger charge is 2.21. The molecule has 1 saturated heterocycles. The fraction of sp³-hybridized carbons (Fsp3) is 0.600. The molecule has 0 spiro atoms. The number of rotatable bonds is 4. The number of aliphatic hydroxyl groups is 1. The lowest BCUT2D eigenvalue weighted by Gasteiger charge is -2.10. The molecule has 1 fully saturated rings. The first-order chi connectivity index (χ1) is 7.24. The molecular weight excluding hydrogens is 232 g/mol. The van der Waals surface area contributed by atoms with Crippen molar-refractivity contribution < 1.29 is 5.11 Å². The van der Waals surface area contributed by atoms with Gasteiger partial charge >= 0.3 is 0 Å². The van der Waals surface area contributed by atoms with Gasteiger partial charge in [0.15, 0.2) is 0 Å². The standard InChI is InChI=1S/C10H15ClN2OS/c11-10-2-1-9(15-10)6-12-4-7-3-8(14)5-13-7/h1-2,7-8,12-14H,3-6H2. The molecule has 0 amide bonds. The van der Waals surface area contributed by atoms with E-state index in [1.807, 2.05) is 12.1 Å². The molecule has 0 bridgehead atoms. The Morgan fingerprint density at radius 1 is 1.60 bits per heavy atom. The topological polar surface area (TPSA) is 44.3 Å². The van der Waals surface area contributed by atoms with Gasteiger partial charge in [-0.05, 0) is 18.6 Å². The van der Waals surface area contributed by atoms with E-state index in [1.165, 1.54) is 4.88 Å². The van der Waals surface area contributed by atoms with E-state index in [4.69, 9.17) is 11.6 Å². The van der Waals surface area contributed by atoms with Crippen LogP contribution in [0.5, 0.6) is 0 Å². The average Bonchev–Trinajstić information content (AvgIpc) is 2.76. The van der Waals surface area contributed by atoms with Gasteiger partial charge < -0.3 is 15.7 Å². The van der Waals surface area contributed by atoms with Crippen molar-refractivity contribution in [3.63, 3.8) is 0 Å². The zero-order chi connectivity index (χ0) is 10.7. The van der Waals surface area contributed by atoms with Crippen molar-refractivity contribution in [2.24, 2.45) is 0 Å². The van der Waals surface area contributed by atoms with Gasteiger partial charge in [0.1, 0.15) is 0 Å². The van der Waals surface area contributed by atoms with Crippen molar-refractivity contribution in [3.05, 3.63) is 21.3 Å². The fourth-order valence-electron chi connectivity index (χ4n) is 1.77. The Hall–Kier alpha value is -0.130. The molecule has 84 valence electrons. The summed E-state index contributed by atoms with van der Waals surface area (Å²) in [6.45, 7) is 2.47. The van der Waals surface area contributed by atoms with Crippen LogP contribution in [0, 0.1) is 0 Å². The molecule has 0 saturated carbocycles. The number of hydrogen-bond donors (Lipinski definition) is 3. The monoisotopic (exact) mass is 246 g/mol. The first kappa shape index (κ1) is 11.4. The van der Waals surface area contributed by atoms with Crippen molar-refractivity contribution in [3.8, 4) is 0 Å². The van der Waals surface area contributed by atoms with E-state index in [9.17, 15) is 5.11 Å². The van der Waals surface area contributed by atoms with Crippen LogP contribution in [0.1, 0.15) is 11.3 Å². The minimum atomic E-state index is -0.173. The summed E-state index contributed by atoms with van der Waals surface area (Å²) < 4.78 is 0.834. The van der Waals surface area contributed by atoms with Crippen molar-refractivity contribution in [1.29, 1.82) is 0 Å². The van der Waals surface area contributed by atoms with E-state index in [2.05, 4.69) is 10.6 Å². The third-order valence-electron chi connectivity index (χ3n) is 2.52. The number of thiophene rings is 1. The third-order valence-corrected chi connectivity index (χ3v) is 3.75. The predicted molar refractivity (Wildman–Crippen MR) is 63.5 cm³/mol. The normalized spacial score (nSPS) is 26.0. The first-order valence-corrected chi connectivity index (χ1v) is 6.30. The second kappa shape index (κ2) is 5.27. The molecule has 1 aliphatic heterocycles. The Morgan fingerprint density at radius 3 is 3.07 bits per heavy atom. The summed E-state index contributed by atoms with van der Waals surface area (Å²) in [5.41, 5.74) is 0. The van der Waals surface area contributed by atoms with Gasteiger partial charge in [-0.3, -0.25) is 0 Å². The number of hydrogen-bond acceptors (Lipinski definition) is 4. The largest absolute Gasteiger partial charge is 0.392 e. The van der Waals surface area contributed by atoms with Gasteiger partial charge in [-0.1, -0.05) is 11.6 Å². The van der Waals surface area contributed by atoms with Crippen molar-refractivity contribution in [1.82, 2.24) is 10.6 Å². The van der Waals surface area contributed by atoms with Crippen LogP contribution in [0.2, 0.25) is 4.34 Å². The molecule has 1 aromatic rings. The van der Waals surface area contributed by atoms with E-state index < -0.39 is 0 Å². The summed E-state index contributed by atoms with van der Waals surface area (Å²) in [4.78, 5) is 1.25. The lowest BCUT2D eigenvalue weighted by molar-refractivity contribution is 0.193. The fourth-order valence-corrected chi connectivity index (χ4v) is 2.83. The van der Waals surface area contributed by atoms with E-state index in [1.54, 1.807) is 11.3 Å². The van der Waals surface area contributed by atoms with Crippen LogP contribution in [0.25, 0.3) is 0 Å². The van der Waals surface area contributed by atoms with Crippen LogP contribution < -0.4 is 10.6 Å². The summed E-state index contributed by atoms with van der Waals surface area (Å²) in [5.74, 6) is 0. The smallest absolute Gasteiger partial charge is 0.0931 e. The molecule has 1 aromatic heterocycles. The van der Waals surface area contributed by atoms with Gasteiger partial charge in [0.25, 0.3) is 0 Å². The quantitative estimate of drug-likeness (QED) is 0.749. The second-order valence-corrected chi connectivity index (χ2v) is 5.63. The Bertz CT molecular complexity index is 318. The molecule has 3 N–H and O–H groups in total. The molecule has 0 aromatic carbocycles. The summed E-state index contributed by atoms with van der Waals surface area (Å²) in [6.07, 6.45) is 0.672. The van der Waals surface area contributed by atoms with Crippen molar-refractivity contribution in [2.75, 3.05) is 13.1 Å². The van der Waals surface area contributed by atoms with Gasteiger partial charge in [-0.25, -0.2) is 0 Å². The second-order valence-electron chi connectivity index (χ2n) is 3.83. The maximum absolute atomic E-state index is 9.31. The lowest BCUT2D eigenvalue weighted by Crippen LogP contribution is -2.33. The van der Waals surface area contributed by atoms with Gasteiger partial charge in [-0.2, -0.15) is 0 Å². The number of halogens is 1. The van der Waals surface area contributed by atoms with Crippen LogP contribution in [0.3, 0.4) is 0 Å². The molecule has 0 radical (unpaired) electrons. The minimum Gasteiger partial charge on any atom is -0.392 e. The number of β-amino-alcohol motifs (C(OH)–C–C–N with tert-alkyl or cyclic N) is 1. The molecular formula is C10H15ClN2OS. The molecule has 0 aliphatic carbocycles. The summed E-state index contributed by atoms with van der Waals surface area (Å²) in [7, 11) is 0. The maximum atomic E-state index is 9.31. The zero-order valence-electron chi connectivity index (χ0n) is 8.37. The minimum absolute atomic E-state index is 0.173. The first-order valence-electron chi connectivity index (χ1n) is 5.10. The average molecular weight is 247 g/mol. The van der Waals surface area contributed by atoms with Gasteiger partial charge in [-0.15, -0.1) is 11.3 Å². The van der Waals surface area contributed by atoms with Crippen LogP contribution in [-0.4, -0.2) is 30.3 Å². The van der Waals surface area contributed by atoms with Gasteiger partial charge in [0.2, 0.25) is 0 Å². The van der Waals surface area contributed by atoms with Crippen molar-refractivity contribution in [2.45, 2.75) is 25.1 Å². The maximum Gasteiger partial charge on any atom is 0.0931 e. The van der Waals surface area contributed by atoms with E-state index in [0.29, 0.717) is 6.04 Å². The summed E-state index contributed by atoms with van der Waals surface area (Å²) in [5, 5.41) is 15.9. The molecule has 2 atom stereocenters. The summed E-state index contributed by atoms with van der Waals surface area (Å²) in [6, 6.07) is 4.35. The van der Waals surface area contributed by atoms with Crippen LogP contribution in [-0.2, 0) is 6.54 Å². The highest BCUT2D eigenvalue weighted by Crippen LogP contribution is 2.21. The molecule has 3 nitrogen and oxygen atoms in total. The Morgan fingerprint density at radius 2 is 2.47 bits per heavy atom. The van der Waals surface area contributed by atoms with E-state index in [-0.39, 0.29) is 6.10 Å². The van der Waals surface area contributed by atoms with Gasteiger partial charge in [0, 0.05) is 30.6 Å². The SMILES string of the molecule is OC1CNC(CNCc2ccc(Cl)s2)C1. The molecule has 1 aliphatic rings. The number of aliphatic hydroxyl groups excluding tert-OH is 1. The molecule has 5 heteroatoms. The predicted octanol–water partition coefficient (Wildman–Crippen LogP) is 1.21. The van der Waals surface area contributed by atoms with E-state index in [0.717, 1.165) is 30.4 Å². The molecule has 2 rings (SSSR count). The van der Waals surface area contributed by atoms with Crippen LogP contribution in [0.15, 0.2) is 12.1 Å². The summed E-state index contributed by atoms with van der Waals surface area (Å²) >= 11 is 7.43. The molecule has 2 unspecified atom stereocenters. The Balaban J connectivity index is 1.67. The Labute approximate surface area is 98.5 Å². The highest BCUT2D eigenvalue weighted by atomic mass is 35.5. The Kier molecular flexibility index (Phi) is 3.99.